The highest BCUT2D eigenvalue weighted by molar-refractivity contribution is 5.80. The van der Waals surface area contributed by atoms with Gasteiger partial charge in [0.15, 0.2) is 0 Å². The SMILES string of the molecule is CC[C@H](C)C(=O)O[C@H]1C[C@H](O)C=C2C=C[C@H](C)[C@H](CC[C@@H](O)C/C(O)=C/C(=O)O)[C@H]21. The summed E-state index contributed by atoms with van der Waals surface area (Å²) in [6.45, 7) is 5.83. The Morgan fingerprint density at radius 1 is 1.33 bits per heavy atom. The Morgan fingerprint density at radius 2 is 2.03 bits per heavy atom. The van der Waals surface area contributed by atoms with Gasteiger partial charge in [-0.3, -0.25) is 4.79 Å². The fraction of sp³-hybridized carbons (Fsp3) is 0.652. The number of esters is 1. The van der Waals surface area contributed by atoms with Crippen molar-refractivity contribution in [3.63, 3.8) is 0 Å². The van der Waals surface area contributed by atoms with Crippen LogP contribution in [-0.2, 0) is 14.3 Å². The van der Waals surface area contributed by atoms with Gasteiger partial charge in [-0.2, -0.15) is 0 Å². The lowest BCUT2D eigenvalue weighted by molar-refractivity contribution is -0.159. The molecule has 0 fully saturated rings. The van der Waals surface area contributed by atoms with Crippen LogP contribution in [-0.4, -0.2) is 50.7 Å². The fourth-order valence-electron chi connectivity index (χ4n) is 4.35. The predicted octanol–water partition coefficient (Wildman–Crippen LogP) is 3.13. The third-order valence-corrected chi connectivity index (χ3v) is 6.22. The summed E-state index contributed by atoms with van der Waals surface area (Å²) in [4.78, 5) is 23.0. The lowest BCUT2D eigenvalue weighted by Crippen LogP contribution is -2.43. The first-order valence-corrected chi connectivity index (χ1v) is 10.7. The summed E-state index contributed by atoms with van der Waals surface area (Å²) in [5.41, 5.74) is 0.946. The average Bonchev–Trinajstić information content (AvgIpc) is 2.65. The van der Waals surface area contributed by atoms with Gasteiger partial charge in [0, 0.05) is 18.8 Å². The first-order valence-electron chi connectivity index (χ1n) is 10.7. The zero-order valence-corrected chi connectivity index (χ0v) is 17.9. The van der Waals surface area contributed by atoms with Crippen molar-refractivity contribution in [2.45, 2.75) is 71.2 Å². The Morgan fingerprint density at radius 3 is 2.67 bits per heavy atom. The van der Waals surface area contributed by atoms with E-state index >= 15 is 0 Å². The van der Waals surface area contributed by atoms with Gasteiger partial charge in [0.2, 0.25) is 0 Å². The van der Waals surface area contributed by atoms with Gasteiger partial charge in [-0.25, -0.2) is 4.79 Å². The number of carbonyl (C=O) groups excluding carboxylic acids is 1. The van der Waals surface area contributed by atoms with Crippen LogP contribution in [0.5, 0.6) is 0 Å². The number of hydrogen-bond donors (Lipinski definition) is 4. The van der Waals surface area contributed by atoms with E-state index in [0.717, 1.165) is 5.57 Å². The van der Waals surface area contributed by atoms with E-state index in [-0.39, 0.29) is 41.8 Å². The molecule has 0 bridgehead atoms. The van der Waals surface area contributed by atoms with Gasteiger partial charge in [-0.1, -0.05) is 39.0 Å². The standard InChI is InChI=1S/C23H34O7/c1-4-13(2)23(29)30-20-11-17(25)9-15-6-5-14(3)19(22(15)20)8-7-16(24)10-18(26)12-21(27)28/h5-6,9,12-14,16-17,19-20,22,24-26H,4,7-8,10-11H2,1-3H3,(H,27,28)/b18-12-/t13-,14-,16+,17+,19-,20-,22-/m0/s1. The van der Waals surface area contributed by atoms with Gasteiger partial charge in [-0.05, 0) is 36.7 Å². The Hall–Kier alpha value is -2.12. The number of carboxylic acids is 1. The van der Waals surface area contributed by atoms with Crippen molar-refractivity contribution < 1.29 is 34.8 Å². The number of aliphatic hydroxyl groups excluding tert-OH is 3. The second-order valence-electron chi connectivity index (χ2n) is 8.57. The molecule has 2 rings (SSSR count). The van der Waals surface area contributed by atoms with E-state index in [1.165, 1.54) is 0 Å². The number of rotatable bonds is 9. The summed E-state index contributed by atoms with van der Waals surface area (Å²) in [5, 5.41) is 38.8. The van der Waals surface area contributed by atoms with Gasteiger partial charge >= 0.3 is 11.9 Å². The van der Waals surface area contributed by atoms with Gasteiger partial charge in [0.05, 0.1) is 24.2 Å². The molecule has 7 heteroatoms. The van der Waals surface area contributed by atoms with Crippen LogP contribution in [0.15, 0.2) is 35.6 Å². The molecule has 2 aliphatic carbocycles. The summed E-state index contributed by atoms with van der Waals surface area (Å²) in [5.74, 6) is -1.90. The predicted molar refractivity (Wildman–Crippen MR) is 112 cm³/mol. The third-order valence-electron chi connectivity index (χ3n) is 6.22. The summed E-state index contributed by atoms with van der Waals surface area (Å²) in [6.07, 6.45) is 6.45. The molecule has 0 aliphatic heterocycles. The van der Waals surface area contributed by atoms with E-state index in [4.69, 9.17) is 9.84 Å². The molecular weight excluding hydrogens is 388 g/mol. The van der Waals surface area contributed by atoms with Crippen LogP contribution in [0.2, 0.25) is 0 Å². The van der Waals surface area contributed by atoms with E-state index in [9.17, 15) is 24.9 Å². The zero-order chi connectivity index (χ0) is 22.4. The molecule has 0 unspecified atom stereocenters. The third kappa shape index (κ3) is 6.44. The molecular formula is C23H34O7. The largest absolute Gasteiger partial charge is 0.512 e. The van der Waals surface area contributed by atoms with E-state index in [1.807, 2.05) is 26.0 Å². The summed E-state index contributed by atoms with van der Waals surface area (Å²) in [7, 11) is 0. The van der Waals surface area contributed by atoms with Crippen LogP contribution >= 0.6 is 0 Å². The van der Waals surface area contributed by atoms with E-state index in [1.54, 1.807) is 0 Å². The number of aliphatic hydroxyl groups is 3. The molecule has 0 amide bonds. The molecule has 0 saturated heterocycles. The first kappa shape index (κ1) is 24.2. The van der Waals surface area contributed by atoms with Crippen molar-refractivity contribution in [1.29, 1.82) is 0 Å². The maximum Gasteiger partial charge on any atom is 0.331 e. The molecule has 0 aromatic heterocycles. The maximum absolute atomic E-state index is 12.4. The van der Waals surface area contributed by atoms with Crippen LogP contribution in [0.3, 0.4) is 0 Å². The average molecular weight is 423 g/mol. The van der Waals surface area contributed by atoms with Gasteiger partial charge in [0.1, 0.15) is 11.9 Å². The normalized spacial score (nSPS) is 30.8. The lowest BCUT2D eigenvalue weighted by Gasteiger charge is -2.43. The minimum atomic E-state index is -1.26. The Balaban J connectivity index is 2.13. The van der Waals surface area contributed by atoms with Crippen LogP contribution in [0.25, 0.3) is 0 Å². The number of ether oxygens (including phenoxy) is 1. The molecule has 7 nitrogen and oxygen atoms in total. The van der Waals surface area contributed by atoms with Crippen molar-refractivity contribution in [2.75, 3.05) is 0 Å². The van der Waals surface area contributed by atoms with Crippen LogP contribution in [0, 0.1) is 23.7 Å². The maximum atomic E-state index is 12.4. The van der Waals surface area contributed by atoms with Crippen LogP contribution in [0.4, 0.5) is 0 Å². The van der Waals surface area contributed by atoms with Crippen LogP contribution in [0.1, 0.15) is 52.9 Å². The summed E-state index contributed by atoms with van der Waals surface area (Å²) in [6, 6.07) is 0. The monoisotopic (exact) mass is 422 g/mol. The molecule has 7 atom stereocenters. The Bertz CT molecular complexity index is 708. The number of hydrogen-bond acceptors (Lipinski definition) is 6. The highest BCUT2D eigenvalue weighted by atomic mass is 16.5. The second-order valence-corrected chi connectivity index (χ2v) is 8.57. The molecule has 0 spiro atoms. The number of allylic oxidation sites excluding steroid dienone is 2. The molecule has 0 saturated carbocycles. The van der Waals surface area contributed by atoms with Crippen molar-refractivity contribution in [2.24, 2.45) is 23.7 Å². The fourth-order valence-corrected chi connectivity index (χ4v) is 4.35. The van der Waals surface area contributed by atoms with Crippen molar-refractivity contribution in [1.82, 2.24) is 0 Å². The quantitative estimate of drug-likeness (QED) is 0.256. The van der Waals surface area contributed by atoms with Crippen molar-refractivity contribution in [3.8, 4) is 0 Å². The summed E-state index contributed by atoms with van der Waals surface area (Å²) >= 11 is 0. The minimum Gasteiger partial charge on any atom is -0.512 e. The molecule has 168 valence electrons. The molecule has 4 N–H and O–H groups in total. The van der Waals surface area contributed by atoms with E-state index in [0.29, 0.717) is 31.8 Å². The highest BCUT2D eigenvalue weighted by Gasteiger charge is 2.42. The lowest BCUT2D eigenvalue weighted by atomic mass is 9.66. The van der Waals surface area contributed by atoms with Gasteiger partial charge < -0.3 is 25.2 Å². The molecule has 30 heavy (non-hydrogen) atoms. The molecule has 0 aromatic rings. The van der Waals surface area contributed by atoms with E-state index in [2.05, 4.69) is 13.0 Å². The van der Waals surface area contributed by atoms with Crippen molar-refractivity contribution >= 4 is 11.9 Å². The molecule has 0 radical (unpaired) electrons. The van der Waals surface area contributed by atoms with Gasteiger partial charge in [0.25, 0.3) is 0 Å². The van der Waals surface area contributed by atoms with Crippen molar-refractivity contribution in [3.05, 3.63) is 35.6 Å². The van der Waals surface area contributed by atoms with Gasteiger partial charge in [-0.15, -0.1) is 0 Å². The second kappa shape index (κ2) is 10.8. The number of carboxylic acid groups (broad SMARTS) is 1. The number of carbonyl (C=O) groups is 2. The summed E-state index contributed by atoms with van der Waals surface area (Å²) < 4.78 is 5.83. The smallest absolute Gasteiger partial charge is 0.331 e. The number of fused-ring (bicyclic) bond motifs is 1. The Kier molecular flexibility index (Phi) is 8.67. The van der Waals surface area contributed by atoms with E-state index < -0.39 is 24.3 Å². The topological polar surface area (TPSA) is 124 Å². The van der Waals surface area contributed by atoms with Crippen LogP contribution < -0.4 is 0 Å². The highest BCUT2D eigenvalue weighted by Crippen LogP contribution is 2.44. The Labute approximate surface area is 177 Å². The molecule has 0 heterocycles. The number of aliphatic carboxylic acids is 1. The molecule has 0 aromatic carbocycles. The molecule has 2 aliphatic rings. The zero-order valence-electron chi connectivity index (χ0n) is 17.9. The minimum absolute atomic E-state index is 0.0724. The first-order chi connectivity index (χ1) is 14.1.